The third-order valence-electron chi connectivity index (χ3n) is 6.18. The zero-order valence-electron chi connectivity index (χ0n) is 23.7. The van der Waals surface area contributed by atoms with Crippen molar-refractivity contribution in [1.29, 1.82) is 0 Å². The number of fused-ring (bicyclic) bond motifs is 1. The Morgan fingerprint density at radius 3 is 2.48 bits per heavy atom. The molecule has 1 aliphatic rings. The Labute approximate surface area is 235 Å². The average Bonchev–Trinajstić information content (AvgIpc) is 3.27. The first kappa shape index (κ1) is 30.4. The molecule has 0 fully saturated rings. The van der Waals surface area contributed by atoms with Crippen LogP contribution in [-0.4, -0.2) is 48.0 Å². The molecule has 0 aromatic heterocycles. The van der Waals surface area contributed by atoms with E-state index in [0.29, 0.717) is 30.1 Å². The van der Waals surface area contributed by atoms with Gasteiger partial charge in [-0.25, -0.2) is 4.79 Å². The lowest BCUT2D eigenvalue weighted by molar-refractivity contribution is -0.144. The molecule has 9 heteroatoms. The molecule has 0 aliphatic carbocycles. The Kier molecular flexibility index (Phi) is 10.5. The maximum absolute atomic E-state index is 12.7. The first-order valence-electron chi connectivity index (χ1n) is 13.4. The highest BCUT2D eigenvalue weighted by Crippen LogP contribution is 2.47. The largest absolute Gasteiger partial charge is 0.508 e. The molecule has 0 unspecified atom stereocenters. The molecule has 2 aromatic carbocycles. The average molecular weight is 551 g/mol. The number of benzene rings is 2. The summed E-state index contributed by atoms with van der Waals surface area (Å²) in [7, 11) is 1.34. The predicted molar refractivity (Wildman–Crippen MR) is 153 cm³/mol. The van der Waals surface area contributed by atoms with Crippen LogP contribution < -0.4 is 10.1 Å². The summed E-state index contributed by atoms with van der Waals surface area (Å²) in [6, 6.07) is 12.0. The molecular weight excluding hydrogens is 512 g/mol. The number of phenols is 1. The van der Waals surface area contributed by atoms with Crippen molar-refractivity contribution in [3.63, 3.8) is 0 Å². The summed E-state index contributed by atoms with van der Waals surface area (Å²) in [4.78, 5) is 41.2. The second kappa shape index (κ2) is 13.8. The van der Waals surface area contributed by atoms with Crippen molar-refractivity contribution in [1.82, 2.24) is 5.32 Å². The Balaban J connectivity index is 1.49. The SMILES string of the molecule is COC(=O)[C@@H]1c2cc(/C=C/C(=O)CCCCCN=C(C)NC(=O)OC(C)(C)C)ccc2O[C@H]1c1ccc(O)cc1. The number of ketones is 1. The van der Waals surface area contributed by atoms with Gasteiger partial charge in [0.2, 0.25) is 0 Å². The predicted octanol–water partition coefficient (Wildman–Crippen LogP) is 5.87. The zero-order valence-corrected chi connectivity index (χ0v) is 23.7. The first-order chi connectivity index (χ1) is 19.0. The molecule has 0 saturated carbocycles. The van der Waals surface area contributed by atoms with Gasteiger partial charge < -0.3 is 19.3 Å². The summed E-state index contributed by atoms with van der Waals surface area (Å²) >= 11 is 0. The number of hydrogen-bond donors (Lipinski definition) is 2. The summed E-state index contributed by atoms with van der Waals surface area (Å²) in [5.74, 6) is 0.123. The van der Waals surface area contributed by atoms with E-state index in [9.17, 15) is 19.5 Å². The molecular formula is C31H38N2O7. The summed E-state index contributed by atoms with van der Waals surface area (Å²) in [5.41, 5.74) is 1.65. The van der Waals surface area contributed by atoms with E-state index in [1.54, 1.807) is 70.2 Å². The molecule has 1 amide bonds. The fraction of sp³-hybridized carbons (Fsp3) is 0.419. The molecule has 214 valence electrons. The fourth-order valence-electron chi connectivity index (χ4n) is 4.29. The molecule has 1 heterocycles. The van der Waals surface area contributed by atoms with E-state index in [0.717, 1.165) is 30.4 Å². The van der Waals surface area contributed by atoms with Gasteiger partial charge in [0.15, 0.2) is 5.78 Å². The Morgan fingerprint density at radius 1 is 1.07 bits per heavy atom. The van der Waals surface area contributed by atoms with Gasteiger partial charge in [-0.15, -0.1) is 0 Å². The standard InChI is InChI=1S/C31H38N2O7/c1-20(33-30(37)40-31(2,3)4)32-18-8-6-7-9-23(34)14-10-21-11-17-26-25(19-21)27(29(36)38-5)28(39-26)22-12-15-24(35)16-13-22/h10-17,19,27-28,35H,6-9,18H2,1-5H3,(H,32,33,37)/b14-10+/t27-,28+/m1/s1. The number of nitrogens with zero attached hydrogens (tertiary/aromatic N) is 1. The van der Waals surface area contributed by atoms with Crippen molar-refractivity contribution in [3.8, 4) is 11.5 Å². The van der Waals surface area contributed by atoms with Crippen molar-refractivity contribution in [2.24, 2.45) is 4.99 Å². The number of carbonyl (C=O) groups is 3. The molecule has 1 aliphatic heterocycles. The second-order valence-electron chi connectivity index (χ2n) is 10.6. The van der Waals surface area contributed by atoms with Crippen molar-refractivity contribution >= 4 is 29.8 Å². The van der Waals surface area contributed by atoms with Gasteiger partial charge in [-0.1, -0.05) is 30.7 Å². The van der Waals surface area contributed by atoms with Crippen LogP contribution in [0.25, 0.3) is 6.08 Å². The quantitative estimate of drug-likeness (QED) is 0.125. The molecule has 2 atom stereocenters. The zero-order chi connectivity index (χ0) is 29.3. The minimum Gasteiger partial charge on any atom is -0.508 e. The first-order valence-corrected chi connectivity index (χ1v) is 13.4. The van der Waals surface area contributed by atoms with Gasteiger partial charge in [0.1, 0.15) is 35.0 Å². The van der Waals surface area contributed by atoms with E-state index in [2.05, 4.69) is 10.3 Å². The number of allylic oxidation sites excluding steroid dienone is 1. The molecule has 9 nitrogen and oxygen atoms in total. The van der Waals surface area contributed by atoms with Crippen LogP contribution in [0.1, 0.15) is 82.1 Å². The minimum absolute atomic E-state index is 0.00881. The van der Waals surface area contributed by atoms with Crippen LogP contribution in [0, 0.1) is 0 Å². The number of phenolic OH excluding ortho intramolecular Hbond substituents is 1. The molecule has 0 radical (unpaired) electrons. The van der Waals surface area contributed by atoms with Crippen LogP contribution in [0.15, 0.2) is 53.5 Å². The van der Waals surface area contributed by atoms with Gasteiger partial charge in [0.05, 0.1) is 7.11 Å². The number of esters is 1. The van der Waals surface area contributed by atoms with E-state index < -0.39 is 29.7 Å². The van der Waals surface area contributed by atoms with Gasteiger partial charge in [0.25, 0.3) is 0 Å². The smallest absolute Gasteiger partial charge is 0.413 e. The summed E-state index contributed by atoms with van der Waals surface area (Å²) in [6.07, 6.45) is 4.95. The van der Waals surface area contributed by atoms with Crippen LogP contribution in [0.2, 0.25) is 0 Å². The molecule has 3 rings (SSSR count). The number of methoxy groups -OCH3 is 1. The highest BCUT2D eigenvalue weighted by molar-refractivity contribution is 5.94. The van der Waals surface area contributed by atoms with Crippen LogP contribution in [0.4, 0.5) is 4.79 Å². The lowest BCUT2D eigenvalue weighted by Crippen LogP contribution is -2.35. The summed E-state index contributed by atoms with van der Waals surface area (Å²) in [6.45, 7) is 7.66. The Hall–Kier alpha value is -4.14. The highest BCUT2D eigenvalue weighted by Gasteiger charge is 2.41. The number of unbranched alkanes of at least 4 members (excludes halogenated alkanes) is 2. The Bertz CT molecular complexity index is 1260. The van der Waals surface area contributed by atoms with Crippen LogP contribution in [0.5, 0.6) is 11.5 Å². The molecule has 0 saturated heterocycles. The monoisotopic (exact) mass is 550 g/mol. The van der Waals surface area contributed by atoms with Crippen molar-refractivity contribution < 1.29 is 33.7 Å². The molecule has 2 aromatic rings. The van der Waals surface area contributed by atoms with E-state index in [-0.39, 0.29) is 11.5 Å². The molecule has 0 spiro atoms. The maximum Gasteiger partial charge on any atom is 0.413 e. The maximum atomic E-state index is 12.7. The summed E-state index contributed by atoms with van der Waals surface area (Å²) in [5, 5.41) is 12.2. The van der Waals surface area contributed by atoms with Gasteiger partial charge in [0, 0.05) is 18.5 Å². The number of hydrogen-bond acceptors (Lipinski definition) is 8. The van der Waals surface area contributed by atoms with E-state index in [1.165, 1.54) is 7.11 Å². The second-order valence-corrected chi connectivity index (χ2v) is 10.6. The number of aromatic hydroxyl groups is 1. The summed E-state index contributed by atoms with van der Waals surface area (Å²) < 4.78 is 16.3. The third-order valence-corrected chi connectivity index (χ3v) is 6.18. The number of ether oxygens (including phenoxy) is 3. The van der Waals surface area contributed by atoms with Crippen molar-refractivity contribution in [3.05, 3.63) is 65.2 Å². The fourth-order valence-corrected chi connectivity index (χ4v) is 4.29. The van der Waals surface area contributed by atoms with E-state index in [1.807, 2.05) is 12.1 Å². The molecule has 0 bridgehead atoms. The number of rotatable bonds is 10. The highest BCUT2D eigenvalue weighted by atomic mass is 16.6. The number of aliphatic imine (C=N–C) groups is 1. The third kappa shape index (κ3) is 8.97. The van der Waals surface area contributed by atoms with E-state index in [4.69, 9.17) is 14.2 Å². The Morgan fingerprint density at radius 2 is 1.80 bits per heavy atom. The lowest BCUT2D eigenvalue weighted by atomic mass is 9.90. The number of alkyl carbamates (subject to hydrolysis) is 1. The number of amidine groups is 1. The van der Waals surface area contributed by atoms with E-state index >= 15 is 0 Å². The normalized spacial score (nSPS) is 16.8. The minimum atomic E-state index is -0.667. The van der Waals surface area contributed by atoms with Gasteiger partial charge >= 0.3 is 12.1 Å². The van der Waals surface area contributed by atoms with Gasteiger partial charge in [-0.05, 0) is 82.0 Å². The van der Waals surface area contributed by atoms with Gasteiger partial charge in [-0.3, -0.25) is 19.9 Å². The van der Waals surface area contributed by atoms with Crippen molar-refractivity contribution in [2.45, 2.75) is 71.0 Å². The molecule has 2 N–H and O–H groups in total. The molecule has 40 heavy (non-hydrogen) atoms. The van der Waals surface area contributed by atoms with Crippen LogP contribution in [-0.2, 0) is 19.1 Å². The van der Waals surface area contributed by atoms with Gasteiger partial charge in [-0.2, -0.15) is 0 Å². The number of amides is 1. The lowest BCUT2D eigenvalue weighted by Gasteiger charge is -2.19. The van der Waals surface area contributed by atoms with Crippen molar-refractivity contribution in [2.75, 3.05) is 13.7 Å². The number of carbonyl (C=O) groups excluding carboxylic acids is 3. The van der Waals surface area contributed by atoms with Crippen LogP contribution in [0.3, 0.4) is 0 Å². The topological polar surface area (TPSA) is 124 Å². The number of nitrogens with one attached hydrogen (secondary N) is 1. The van der Waals surface area contributed by atoms with Crippen LogP contribution >= 0.6 is 0 Å².